The van der Waals surface area contributed by atoms with E-state index in [1.807, 2.05) is 72.8 Å². The van der Waals surface area contributed by atoms with E-state index >= 15 is 0 Å². The monoisotopic (exact) mass is 390 g/mol. The topological polar surface area (TPSA) is 86.2 Å². The van der Waals surface area contributed by atoms with E-state index in [2.05, 4.69) is 30.6 Å². The lowest BCUT2D eigenvalue weighted by molar-refractivity contribution is 0.829. The van der Waals surface area contributed by atoms with E-state index in [9.17, 15) is 0 Å². The third-order valence-electron chi connectivity index (χ3n) is 4.96. The van der Waals surface area contributed by atoms with Crippen LogP contribution in [0.4, 0.5) is 0 Å². The van der Waals surface area contributed by atoms with E-state index in [4.69, 9.17) is 0 Å². The van der Waals surface area contributed by atoms with Crippen LogP contribution in [0.5, 0.6) is 0 Å². The van der Waals surface area contributed by atoms with Crippen LogP contribution in [0.3, 0.4) is 0 Å². The van der Waals surface area contributed by atoms with Gasteiger partial charge in [-0.3, -0.25) is 9.97 Å². The SMILES string of the molecule is c1ccc(-c2nnn3c(-c4cccc5c(-c6ccccn6)nnn45)cccc23)nc1. The summed E-state index contributed by atoms with van der Waals surface area (Å²) in [4.78, 5) is 8.82. The minimum absolute atomic E-state index is 0.734. The van der Waals surface area contributed by atoms with Gasteiger partial charge in [-0.2, -0.15) is 0 Å². The highest BCUT2D eigenvalue weighted by molar-refractivity contribution is 5.79. The molecule has 0 fully saturated rings. The zero-order valence-electron chi connectivity index (χ0n) is 15.7. The van der Waals surface area contributed by atoms with Crippen molar-refractivity contribution in [3.63, 3.8) is 0 Å². The number of aromatic nitrogens is 8. The Kier molecular flexibility index (Phi) is 3.60. The lowest BCUT2D eigenvalue weighted by Gasteiger charge is -2.07. The van der Waals surface area contributed by atoms with Gasteiger partial charge in [0.15, 0.2) is 0 Å². The normalized spacial score (nSPS) is 11.3. The van der Waals surface area contributed by atoms with Gasteiger partial charge in [0, 0.05) is 12.4 Å². The fourth-order valence-electron chi connectivity index (χ4n) is 3.59. The van der Waals surface area contributed by atoms with Crippen molar-refractivity contribution in [2.24, 2.45) is 0 Å². The van der Waals surface area contributed by atoms with Crippen molar-refractivity contribution in [2.45, 2.75) is 0 Å². The van der Waals surface area contributed by atoms with Gasteiger partial charge in [-0.15, -0.1) is 10.2 Å². The van der Waals surface area contributed by atoms with Crippen LogP contribution in [0.1, 0.15) is 0 Å². The summed E-state index contributed by atoms with van der Waals surface area (Å²) in [7, 11) is 0. The summed E-state index contributed by atoms with van der Waals surface area (Å²) in [5, 5.41) is 17.6. The summed E-state index contributed by atoms with van der Waals surface area (Å²) in [5.74, 6) is 0. The standard InChI is InChI=1S/C22H14N8/c1-3-13-23-15(7-1)21-19-11-5-9-17(29(19)27-25-21)18-10-6-12-20-22(26-28-30(18)20)16-8-2-4-14-24-16/h1-14H. The first kappa shape index (κ1) is 16.5. The molecule has 6 aromatic rings. The summed E-state index contributed by atoms with van der Waals surface area (Å²) in [6, 6.07) is 23.4. The van der Waals surface area contributed by atoms with E-state index in [0.717, 1.165) is 45.2 Å². The molecule has 0 saturated carbocycles. The molecule has 6 heterocycles. The molecule has 0 unspecified atom stereocenters. The van der Waals surface area contributed by atoms with Crippen molar-refractivity contribution in [3.05, 3.63) is 85.2 Å². The van der Waals surface area contributed by atoms with Gasteiger partial charge < -0.3 is 0 Å². The van der Waals surface area contributed by atoms with Gasteiger partial charge in [-0.25, -0.2) is 9.03 Å². The number of pyridine rings is 4. The maximum atomic E-state index is 4.41. The second-order valence-corrected chi connectivity index (χ2v) is 6.72. The van der Waals surface area contributed by atoms with Gasteiger partial charge in [-0.1, -0.05) is 34.7 Å². The van der Waals surface area contributed by atoms with Crippen LogP contribution in [0, 0.1) is 0 Å². The van der Waals surface area contributed by atoms with Gasteiger partial charge in [0.2, 0.25) is 0 Å². The van der Waals surface area contributed by atoms with E-state index in [1.165, 1.54) is 0 Å². The van der Waals surface area contributed by atoms with Gasteiger partial charge in [0.25, 0.3) is 0 Å². The Balaban J connectivity index is 1.57. The molecule has 0 amide bonds. The largest absolute Gasteiger partial charge is 0.254 e. The van der Waals surface area contributed by atoms with Crippen LogP contribution in [0.25, 0.3) is 45.2 Å². The van der Waals surface area contributed by atoms with E-state index in [1.54, 1.807) is 21.4 Å². The third kappa shape index (κ3) is 2.47. The molecular weight excluding hydrogens is 376 g/mol. The predicted molar refractivity (Wildman–Crippen MR) is 111 cm³/mol. The van der Waals surface area contributed by atoms with Gasteiger partial charge in [-0.05, 0) is 48.5 Å². The summed E-state index contributed by atoms with van der Waals surface area (Å²) < 4.78 is 3.61. The number of rotatable bonds is 3. The molecule has 8 nitrogen and oxygen atoms in total. The average Bonchev–Trinajstić information content (AvgIpc) is 3.45. The first-order valence-electron chi connectivity index (χ1n) is 9.42. The van der Waals surface area contributed by atoms with Gasteiger partial charge in [0.1, 0.15) is 11.4 Å². The highest BCUT2D eigenvalue weighted by Crippen LogP contribution is 2.28. The lowest BCUT2D eigenvalue weighted by Crippen LogP contribution is -2.00. The molecule has 0 N–H and O–H groups in total. The van der Waals surface area contributed by atoms with Crippen LogP contribution in [0.15, 0.2) is 85.2 Å². The smallest absolute Gasteiger partial charge is 0.139 e. The van der Waals surface area contributed by atoms with Crippen molar-refractivity contribution in [2.75, 3.05) is 0 Å². The zero-order chi connectivity index (χ0) is 19.9. The molecule has 0 radical (unpaired) electrons. The number of nitrogens with zero attached hydrogens (tertiary/aromatic N) is 8. The van der Waals surface area contributed by atoms with Crippen molar-refractivity contribution in [1.82, 2.24) is 39.6 Å². The minimum Gasteiger partial charge on any atom is -0.254 e. The molecule has 0 atom stereocenters. The van der Waals surface area contributed by atoms with Crippen LogP contribution >= 0.6 is 0 Å². The Hall–Kier alpha value is -4.46. The molecule has 0 aromatic carbocycles. The molecule has 142 valence electrons. The Bertz CT molecular complexity index is 1370. The molecule has 6 rings (SSSR count). The average molecular weight is 390 g/mol. The number of hydrogen-bond acceptors (Lipinski definition) is 6. The minimum atomic E-state index is 0.734. The Morgan fingerprint density at radius 1 is 0.500 bits per heavy atom. The summed E-state index contributed by atoms with van der Waals surface area (Å²) in [6.45, 7) is 0. The summed E-state index contributed by atoms with van der Waals surface area (Å²) in [6.07, 6.45) is 3.50. The Morgan fingerprint density at radius 2 is 1.00 bits per heavy atom. The molecule has 0 bridgehead atoms. The predicted octanol–water partition coefficient (Wildman–Crippen LogP) is 3.56. The van der Waals surface area contributed by atoms with Crippen LogP contribution in [-0.4, -0.2) is 39.6 Å². The molecule has 0 aliphatic heterocycles. The molecule has 0 saturated heterocycles. The Labute approximate surface area is 170 Å². The van der Waals surface area contributed by atoms with E-state index in [0.29, 0.717) is 0 Å². The zero-order valence-corrected chi connectivity index (χ0v) is 15.7. The van der Waals surface area contributed by atoms with E-state index in [-0.39, 0.29) is 0 Å². The fraction of sp³-hybridized carbons (Fsp3) is 0. The number of fused-ring (bicyclic) bond motifs is 2. The number of hydrogen-bond donors (Lipinski definition) is 0. The van der Waals surface area contributed by atoms with Crippen molar-refractivity contribution in [1.29, 1.82) is 0 Å². The van der Waals surface area contributed by atoms with Crippen molar-refractivity contribution < 1.29 is 0 Å². The molecule has 30 heavy (non-hydrogen) atoms. The van der Waals surface area contributed by atoms with Gasteiger partial charge in [0.05, 0.1) is 33.8 Å². The summed E-state index contributed by atoms with van der Waals surface area (Å²) in [5.41, 5.74) is 6.47. The molecular formula is C22H14N8. The van der Waals surface area contributed by atoms with Crippen LogP contribution < -0.4 is 0 Å². The maximum absolute atomic E-state index is 4.41. The van der Waals surface area contributed by atoms with Crippen LogP contribution in [0.2, 0.25) is 0 Å². The molecule has 0 aliphatic rings. The Morgan fingerprint density at radius 3 is 1.43 bits per heavy atom. The quantitative estimate of drug-likeness (QED) is 0.459. The lowest BCUT2D eigenvalue weighted by atomic mass is 10.2. The highest BCUT2D eigenvalue weighted by atomic mass is 15.4. The second kappa shape index (κ2) is 6.56. The third-order valence-corrected chi connectivity index (χ3v) is 4.96. The molecule has 8 heteroatoms. The van der Waals surface area contributed by atoms with Crippen molar-refractivity contribution >= 4 is 11.0 Å². The maximum Gasteiger partial charge on any atom is 0.139 e. The molecule has 0 aliphatic carbocycles. The van der Waals surface area contributed by atoms with E-state index < -0.39 is 0 Å². The van der Waals surface area contributed by atoms with Gasteiger partial charge >= 0.3 is 0 Å². The van der Waals surface area contributed by atoms with Crippen molar-refractivity contribution in [3.8, 4) is 34.2 Å². The summed E-state index contributed by atoms with van der Waals surface area (Å²) >= 11 is 0. The second-order valence-electron chi connectivity index (χ2n) is 6.72. The first-order chi connectivity index (χ1) is 14.9. The molecule has 0 spiro atoms. The highest BCUT2D eigenvalue weighted by Gasteiger charge is 2.17. The fourth-order valence-corrected chi connectivity index (χ4v) is 3.59. The molecule has 6 aromatic heterocycles. The first-order valence-corrected chi connectivity index (χ1v) is 9.42. The van der Waals surface area contributed by atoms with Crippen LogP contribution in [-0.2, 0) is 0 Å².